The van der Waals surface area contributed by atoms with Crippen LogP contribution in [0.15, 0.2) is 48.5 Å². The molecule has 0 aromatic heterocycles. The number of benzene rings is 2. The van der Waals surface area contributed by atoms with Gasteiger partial charge in [-0.15, -0.1) is 0 Å². The highest BCUT2D eigenvalue weighted by molar-refractivity contribution is 5.66. The molecule has 0 saturated heterocycles. The quantitative estimate of drug-likeness (QED) is 0.619. The normalized spacial score (nSPS) is 9.90. The maximum absolute atomic E-state index is 10.6. The molecule has 0 aliphatic rings. The molecule has 4 nitrogen and oxygen atoms in total. The third-order valence-electron chi connectivity index (χ3n) is 2.77. The van der Waals surface area contributed by atoms with E-state index in [-0.39, 0.29) is 12.8 Å². The summed E-state index contributed by atoms with van der Waals surface area (Å²) >= 11 is 0. The number of hydrogen-bond donors (Lipinski definition) is 0. The molecule has 0 aliphatic carbocycles. The minimum Gasteiger partial charge on any atom is -0.497 e. The molecule has 104 valence electrons. The first-order chi connectivity index (χ1) is 9.69. The Balaban J connectivity index is 2.01. The lowest BCUT2D eigenvalue weighted by molar-refractivity contribution is -0.147. The molecule has 0 radical (unpaired) electrons. The number of carbonyl (C=O) groups excluding carboxylic acids is 1. The lowest BCUT2D eigenvalue weighted by Crippen LogP contribution is -2.06. The molecule has 0 bridgehead atoms. The van der Waals surface area contributed by atoms with Crippen molar-refractivity contribution in [2.24, 2.45) is 0 Å². The SMILES string of the molecule is COc1ccc(-c2ccc(OCOC(C)=O)cc2)cc1. The van der Waals surface area contributed by atoms with E-state index in [9.17, 15) is 4.79 Å². The highest BCUT2D eigenvalue weighted by atomic mass is 16.7. The molecular weight excluding hydrogens is 256 g/mol. The third-order valence-corrected chi connectivity index (χ3v) is 2.77. The molecule has 2 aromatic rings. The number of esters is 1. The van der Waals surface area contributed by atoms with E-state index in [1.807, 2.05) is 48.5 Å². The van der Waals surface area contributed by atoms with Crippen molar-refractivity contribution in [3.8, 4) is 22.6 Å². The zero-order valence-electron chi connectivity index (χ0n) is 11.5. The molecule has 0 amide bonds. The Morgan fingerprint density at radius 2 is 1.40 bits per heavy atom. The van der Waals surface area contributed by atoms with Crippen LogP contribution < -0.4 is 9.47 Å². The summed E-state index contributed by atoms with van der Waals surface area (Å²) < 4.78 is 15.1. The van der Waals surface area contributed by atoms with E-state index in [4.69, 9.17) is 14.2 Å². The minimum absolute atomic E-state index is 0.0722. The van der Waals surface area contributed by atoms with Crippen molar-refractivity contribution in [1.82, 2.24) is 0 Å². The highest BCUT2D eigenvalue weighted by Crippen LogP contribution is 2.24. The molecule has 0 saturated carbocycles. The fourth-order valence-corrected chi connectivity index (χ4v) is 1.71. The van der Waals surface area contributed by atoms with Gasteiger partial charge in [-0.2, -0.15) is 0 Å². The van der Waals surface area contributed by atoms with Gasteiger partial charge in [0.2, 0.25) is 6.79 Å². The first kappa shape index (κ1) is 13.9. The second-order valence-electron chi connectivity index (χ2n) is 4.15. The van der Waals surface area contributed by atoms with Crippen LogP contribution in [0.25, 0.3) is 11.1 Å². The topological polar surface area (TPSA) is 44.8 Å². The Kier molecular flexibility index (Phi) is 4.60. The van der Waals surface area contributed by atoms with Gasteiger partial charge in [0.25, 0.3) is 0 Å². The fourth-order valence-electron chi connectivity index (χ4n) is 1.71. The maximum Gasteiger partial charge on any atom is 0.305 e. The summed E-state index contributed by atoms with van der Waals surface area (Å²) in [6.07, 6.45) is 0. The summed E-state index contributed by atoms with van der Waals surface area (Å²) in [4.78, 5) is 10.6. The molecule has 0 fully saturated rings. The second-order valence-corrected chi connectivity index (χ2v) is 4.15. The zero-order valence-corrected chi connectivity index (χ0v) is 11.5. The molecule has 0 N–H and O–H groups in total. The Bertz CT molecular complexity index is 558. The van der Waals surface area contributed by atoms with Gasteiger partial charge in [0.05, 0.1) is 7.11 Å². The summed E-state index contributed by atoms with van der Waals surface area (Å²) in [5.74, 6) is 1.12. The summed E-state index contributed by atoms with van der Waals surface area (Å²) in [7, 11) is 1.64. The van der Waals surface area contributed by atoms with Gasteiger partial charge >= 0.3 is 5.97 Å². The third kappa shape index (κ3) is 3.75. The van der Waals surface area contributed by atoms with Crippen LogP contribution in [0.4, 0.5) is 0 Å². The molecule has 0 aliphatic heterocycles. The number of carbonyl (C=O) groups is 1. The first-order valence-electron chi connectivity index (χ1n) is 6.19. The summed E-state index contributed by atoms with van der Waals surface area (Å²) in [5, 5.41) is 0. The van der Waals surface area contributed by atoms with Crippen molar-refractivity contribution < 1.29 is 19.0 Å². The summed E-state index contributed by atoms with van der Waals surface area (Å²) in [6.45, 7) is 1.27. The van der Waals surface area contributed by atoms with E-state index in [0.717, 1.165) is 16.9 Å². The van der Waals surface area contributed by atoms with Crippen LogP contribution in [0.5, 0.6) is 11.5 Å². The number of hydrogen-bond acceptors (Lipinski definition) is 4. The van der Waals surface area contributed by atoms with Gasteiger partial charge in [0.1, 0.15) is 11.5 Å². The molecule has 20 heavy (non-hydrogen) atoms. The predicted molar refractivity (Wildman–Crippen MR) is 75.7 cm³/mol. The smallest absolute Gasteiger partial charge is 0.305 e. The van der Waals surface area contributed by atoms with Gasteiger partial charge in [-0.3, -0.25) is 4.79 Å². The van der Waals surface area contributed by atoms with Crippen LogP contribution in [-0.2, 0) is 9.53 Å². The van der Waals surface area contributed by atoms with E-state index >= 15 is 0 Å². The highest BCUT2D eigenvalue weighted by Gasteiger charge is 2.00. The van der Waals surface area contributed by atoms with Gasteiger partial charge < -0.3 is 14.2 Å². The van der Waals surface area contributed by atoms with E-state index in [0.29, 0.717) is 5.75 Å². The Hall–Kier alpha value is -2.49. The van der Waals surface area contributed by atoms with Gasteiger partial charge in [0.15, 0.2) is 0 Å². The van der Waals surface area contributed by atoms with Crippen molar-refractivity contribution in [1.29, 1.82) is 0 Å². The van der Waals surface area contributed by atoms with Crippen LogP contribution in [0.3, 0.4) is 0 Å². The molecular formula is C16H16O4. The van der Waals surface area contributed by atoms with Crippen LogP contribution in [0.1, 0.15) is 6.92 Å². The molecule has 0 unspecified atom stereocenters. The molecule has 4 heteroatoms. The minimum atomic E-state index is -0.361. The van der Waals surface area contributed by atoms with Crippen molar-refractivity contribution >= 4 is 5.97 Å². The van der Waals surface area contributed by atoms with Crippen LogP contribution in [-0.4, -0.2) is 19.9 Å². The van der Waals surface area contributed by atoms with E-state index < -0.39 is 0 Å². The number of methoxy groups -OCH3 is 1. The van der Waals surface area contributed by atoms with Crippen LogP contribution in [0.2, 0.25) is 0 Å². The van der Waals surface area contributed by atoms with Crippen molar-refractivity contribution in [3.63, 3.8) is 0 Å². The Morgan fingerprint density at radius 3 is 1.85 bits per heavy atom. The van der Waals surface area contributed by atoms with Crippen molar-refractivity contribution in [2.45, 2.75) is 6.92 Å². The Morgan fingerprint density at radius 1 is 0.900 bits per heavy atom. The molecule has 0 heterocycles. The average molecular weight is 272 g/mol. The van der Waals surface area contributed by atoms with Crippen LogP contribution in [0, 0.1) is 0 Å². The average Bonchev–Trinajstić information content (AvgIpc) is 2.48. The van der Waals surface area contributed by atoms with Crippen molar-refractivity contribution in [3.05, 3.63) is 48.5 Å². The number of rotatable bonds is 5. The zero-order chi connectivity index (χ0) is 14.4. The predicted octanol–water partition coefficient (Wildman–Crippen LogP) is 3.26. The summed E-state index contributed by atoms with van der Waals surface area (Å²) in [5.41, 5.74) is 2.17. The maximum atomic E-state index is 10.6. The van der Waals surface area contributed by atoms with E-state index in [1.165, 1.54) is 6.92 Å². The van der Waals surface area contributed by atoms with Crippen LogP contribution >= 0.6 is 0 Å². The van der Waals surface area contributed by atoms with Crippen molar-refractivity contribution in [2.75, 3.05) is 13.9 Å². The van der Waals surface area contributed by atoms with Gasteiger partial charge in [0, 0.05) is 6.92 Å². The molecule has 0 atom stereocenters. The van der Waals surface area contributed by atoms with Gasteiger partial charge in [-0.25, -0.2) is 0 Å². The Labute approximate surface area is 117 Å². The lowest BCUT2D eigenvalue weighted by Gasteiger charge is -2.07. The van der Waals surface area contributed by atoms with E-state index in [2.05, 4.69) is 0 Å². The largest absolute Gasteiger partial charge is 0.497 e. The van der Waals surface area contributed by atoms with E-state index in [1.54, 1.807) is 7.11 Å². The first-order valence-corrected chi connectivity index (χ1v) is 6.19. The summed E-state index contributed by atoms with van der Waals surface area (Å²) in [6, 6.07) is 15.4. The van der Waals surface area contributed by atoms with Gasteiger partial charge in [-0.1, -0.05) is 24.3 Å². The van der Waals surface area contributed by atoms with Gasteiger partial charge in [-0.05, 0) is 35.4 Å². The molecule has 0 spiro atoms. The second kappa shape index (κ2) is 6.61. The standard InChI is InChI=1S/C16H16O4/c1-12(17)19-11-20-16-9-5-14(6-10-16)13-3-7-15(18-2)8-4-13/h3-10H,11H2,1-2H3. The lowest BCUT2D eigenvalue weighted by atomic mass is 10.1. The molecule has 2 rings (SSSR count). The monoisotopic (exact) mass is 272 g/mol. The molecule has 2 aromatic carbocycles. The number of ether oxygens (including phenoxy) is 3. The fraction of sp³-hybridized carbons (Fsp3) is 0.188.